The average Bonchev–Trinajstić information content (AvgIpc) is 2.64. The summed E-state index contributed by atoms with van der Waals surface area (Å²) < 4.78 is 10.7. The lowest BCUT2D eigenvalue weighted by atomic mass is 9.85. The maximum absolute atomic E-state index is 13.2. The van der Waals surface area contributed by atoms with Crippen molar-refractivity contribution in [3.05, 3.63) is 59.7 Å². The fourth-order valence-corrected chi connectivity index (χ4v) is 3.41. The number of Topliss-reactive ketones (excluding diaryl/α,β-unsaturated/α-hetero) is 1. The number of carbonyl (C=O) groups is 1. The number of halogens is 2. The van der Waals surface area contributed by atoms with E-state index in [4.69, 9.17) is 32.7 Å². The molecule has 0 spiro atoms. The third kappa shape index (κ3) is 3.85. The number of para-hydroxylation sites is 2. The van der Waals surface area contributed by atoms with Gasteiger partial charge in [0.1, 0.15) is 17.3 Å². The summed E-state index contributed by atoms with van der Waals surface area (Å²) in [4.78, 5) is 13.2. The molecular weight excluding hydrogens is 347 g/mol. The molecule has 2 aromatic rings. The Morgan fingerprint density at radius 2 is 1.21 bits per heavy atom. The fourth-order valence-electron chi connectivity index (χ4n) is 2.78. The van der Waals surface area contributed by atoms with Gasteiger partial charge >= 0.3 is 0 Å². The van der Waals surface area contributed by atoms with Crippen molar-refractivity contribution < 1.29 is 14.3 Å². The number of hydrogen-bond donors (Lipinski definition) is 0. The summed E-state index contributed by atoms with van der Waals surface area (Å²) in [5.41, 5.74) is 1.54. The van der Waals surface area contributed by atoms with Crippen LogP contribution in [0.1, 0.15) is 23.0 Å². The number of ether oxygens (including phenoxy) is 2. The quantitative estimate of drug-likeness (QED) is 0.639. The van der Waals surface area contributed by atoms with E-state index in [-0.39, 0.29) is 17.5 Å². The Hall–Kier alpha value is -1.71. The van der Waals surface area contributed by atoms with Crippen molar-refractivity contribution in [2.24, 2.45) is 0 Å². The summed E-state index contributed by atoms with van der Waals surface area (Å²) in [7, 11) is 3.15. The van der Waals surface area contributed by atoms with E-state index in [0.717, 1.165) is 11.1 Å². The van der Waals surface area contributed by atoms with E-state index < -0.39 is 11.8 Å². The van der Waals surface area contributed by atoms with Gasteiger partial charge in [-0.1, -0.05) is 36.4 Å². The molecule has 2 rings (SSSR count). The zero-order valence-corrected chi connectivity index (χ0v) is 15.2. The third-order valence-electron chi connectivity index (χ3n) is 4.02. The molecule has 0 aliphatic heterocycles. The van der Waals surface area contributed by atoms with E-state index in [2.05, 4.69) is 0 Å². The molecule has 0 saturated heterocycles. The average molecular weight is 367 g/mol. The zero-order chi connectivity index (χ0) is 17.5. The second-order valence-corrected chi connectivity index (χ2v) is 5.92. The lowest BCUT2D eigenvalue weighted by Crippen LogP contribution is -2.24. The highest BCUT2D eigenvalue weighted by Gasteiger charge is 2.31. The van der Waals surface area contributed by atoms with Crippen LogP contribution in [0.2, 0.25) is 0 Å². The van der Waals surface area contributed by atoms with E-state index in [9.17, 15) is 4.79 Å². The van der Waals surface area contributed by atoms with Crippen molar-refractivity contribution in [1.82, 2.24) is 0 Å². The second-order valence-electron chi connectivity index (χ2n) is 5.30. The largest absolute Gasteiger partial charge is 0.496 e. The van der Waals surface area contributed by atoms with Crippen LogP contribution in [-0.4, -0.2) is 31.8 Å². The van der Waals surface area contributed by atoms with Gasteiger partial charge in [-0.2, -0.15) is 0 Å². The first-order valence-electron chi connectivity index (χ1n) is 7.59. The molecule has 0 heterocycles. The molecule has 0 saturated carbocycles. The number of rotatable bonds is 8. The summed E-state index contributed by atoms with van der Waals surface area (Å²) in [6, 6.07) is 14.8. The minimum atomic E-state index is -0.503. The molecule has 0 fully saturated rings. The van der Waals surface area contributed by atoms with Gasteiger partial charge in [-0.05, 0) is 12.1 Å². The SMILES string of the molecule is COc1ccccc1C(CCl)C(=O)C(CCl)c1ccccc1OC. The number of ketones is 1. The van der Waals surface area contributed by atoms with Crippen LogP contribution in [0.5, 0.6) is 11.5 Å². The van der Waals surface area contributed by atoms with Crippen molar-refractivity contribution in [2.75, 3.05) is 26.0 Å². The monoisotopic (exact) mass is 366 g/mol. The first kappa shape index (κ1) is 18.6. The van der Waals surface area contributed by atoms with E-state index in [0.29, 0.717) is 11.5 Å². The molecule has 0 amide bonds. The highest BCUT2D eigenvalue weighted by molar-refractivity contribution is 6.22. The normalized spacial score (nSPS) is 13.2. The fraction of sp³-hybridized carbons (Fsp3) is 0.316. The van der Waals surface area contributed by atoms with Gasteiger partial charge in [0.15, 0.2) is 0 Å². The molecule has 2 aromatic carbocycles. The predicted molar refractivity (Wildman–Crippen MR) is 97.9 cm³/mol. The molecule has 3 nitrogen and oxygen atoms in total. The highest BCUT2D eigenvalue weighted by atomic mass is 35.5. The molecule has 128 valence electrons. The van der Waals surface area contributed by atoms with Crippen LogP contribution in [0.25, 0.3) is 0 Å². The third-order valence-corrected chi connectivity index (χ3v) is 4.64. The number of hydrogen-bond acceptors (Lipinski definition) is 3. The molecule has 0 N–H and O–H groups in total. The molecule has 0 aliphatic rings. The Morgan fingerprint density at radius 1 is 0.833 bits per heavy atom. The van der Waals surface area contributed by atoms with Crippen molar-refractivity contribution in [1.29, 1.82) is 0 Å². The van der Waals surface area contributed by atoms with Crippen molar-refractivity contribution in [3.63, 3.8) is 0 Å². The Morgan fingerprint density at radius 3 is 1.54 bits per heavy atom. The summed E-state index contributed by atoms with van der Waals surface area (Å²) in [5, 5.41) is 0. The van der Waals surface area contributed by atoms with Gasteiger partial charge in [0.05, 0.1) is 26.1 Å². The van der Waals surface area contributed by atoms with Crippen LogP contribution < -0.4 is 9.47 Å². The minimum absolute atomic E-state index is 0.0472. The lowest BCUT2D eigenvalue weighted by molar-refractivity contribution is -0.121. The van der Waals surface area contributed by atoms with E-state index in [1.807, 2.05) is 48.5 Å². The van der Waals surface area contributed by atoms with E-state index in [1.165, 1.54) is 0 Å². The molecule has 2 atom stereocenters. The summed E-state index contributed by atoms with van der Waals surface area (Å²) >= 11 is 12.3. The molecule has 2 unspecified atom stereocenters. The first-order valence-corrected chi connectivity index (χ1v) is 8.66. The zero-order valence-electron chi connectivity index (χ0n) is 13.7. The Balaban J connectivity index is 2.42. The van der Waals surface area contributed by atoms with Crippen molar-refractivity contribution >= 4 is 29.0 Å². The van der Waals surface area contributed by atoms with Gasteiger partial charge in [-0.3, -0.25) is 4.79 Å². The van der Waals surface area contributed by atoms with Gasteiger partial charge in [0.25, 0.3) is 0 Å². The topological polar surface area (TPSA) is 35.5 Å². The van der Waals surface area contributed by atoms with Gasteiger partial charge in [0.2, 0.25) is 0 Å². The van der Waals surface area contributed by atoms with Crippen LogP contribution in [0.15, 0.2) is 48.5 Å². The van der Waals surface area contributed by atoms with Crippen LogP contribution in [-0.2, 0) is 4.79 Å². The molecule has 0 aliphatic carbocycles. The van der Waals surface area contributed by atoms with Crippen LogP contribution in [0.4, 0.5) is 0 Å². The van der Waals surface area contributed by atoms with Crippen molar-refractivity contribution in [2.45, 2.75) is 11.8 Å². The van der Waals surface area contributed by atoms with Crippen LogP contribution >= 0.6 is 23.2 Å². The molecule has 0 aromatic heterocycles. The Bertz CT molecular complexity index is 630. The number of carbonyl (C=O) groups excluding carboxylic acids is 1. The number of benzene rings is 2. The van der Waals surface area contributed by atoms with Gasteiger partial charge in [-0.25, -0.2) is 0 Å². The van der Waals surface area contributed by atoms with Gasteiger partial charge in [0, 0.05) is 22.9 Å². The lowest BCUT2D eigenvalue weighted by Gasteiger charge is -2.23. The number of alkyl halides is 2. The Labute approximate surface area is 152 Å². The van der Waals surface area contributed by atoms with E-state index >= 15 is 0 Å². The van der Waals surface area contributed by atoms with Gasteiger partial charge < -0.3 is 9.47 Å². The van der Waals surface area contributed by atoms with E-state index in [1.54, 1.807) is 14.2 Å². The maximum atomic E-state index is 13.2. The standard InChI is InChI=1S/C19H20Cl2O3/c1-23-17-9-5-3-7-13(17)15(11-20)19(22)16(12-21)14-8-4-6-10-18(14)24-2/h3-10,15-16H,11-12H2,1-2H3. The summed E-state index contributed by atoms with van der Waals surface area (Å²) in [6.45, 7) is 0. The predicted octanol–water partition coefficient (Wildman–Crippen LogP) is 4.62. The minimum Gasteiger partial charge on any atom is -0.496 e. The smallest absolute Gasteiger partial charge is 0.150 e. The van der Waals surface area contributed by atoms with Crippen molar-refractivity contribution in [3.8, 4) is 11.5 Å². The molecule has 0 bridgehead atoms. The summed E-state index contributed by atoms with van der Waals surface area (Å²) in [6.07, 6.45) is 0. The molecule has 5 heteroatoms. The Kier molecular flexibility index (Phi) is 6.95. The second kappa shape index (κ2) is 8.95. The highest BCUT2D eigenvalue weighted by Crippen LogP contribution is 2.36. The maximum Gasteiger partial charge on any atom is 0.150 e. The van der Waals surface area contributed by atoms with Gasteiger partial charge in [-0.15, -0.1) is 23.2 Å². The van der Waals surface area contributed by atoms with Crippen LogP contribution in [0.3, 0.4) is 0 Å². The summed E-state index contributed by atoms with van der Waals surface area (Å²) in [5.74, 6) is 0.542. The molecule has 24 heavy (non-hydrogen) atoms. The number of methoxy groups -OCH3 is 2. The molecular formula is C19H20Cl2O3. The molecule has 0 radical (unpaired) electrons. The van der Waals surface area contributed by atoms with Crippen LogP contribution in [0, 0.1) is 0 Å². The first-order chi connectivity index (χ1) is 11.7.